The fourth-order valence-corrected chi connectivity index (χ4v) is 8.41. The number of fused-ring (bicyclic) bond motifs is 2. The van der Waals surface area contributed by atoms with E-state index in [0.717, 1.165) is 42.8 Å². The average molecular weight is 663 g/mol. The van der Waals surface area contributed by atoms with E-state index >= 15 is 0 Å². The number of anilines is 1. The van der Waals surface area contributed by atoms with Gasteiger partial charge in [-0.3, -0.25) is 4.98 Å². The number of hydrogen-bond donors (Lipinski definition) is 1. The summed E-state index contributed by atoms with van der Waals surface area (Å²) in [4.78, 5) is 17.9. The first-order valence-corrected chi connectivity index (χ1v) is 20.0. The van der Waals surface area contributed by atoms with Crippen LogP contribution < -0.4 is 10.1 Å². The summed E-state index contributed by atoms with van der Waals surface area (Å²) in [5.74, 6) is 1.45. The van der Waals surface area contributed by atoms with E-state index < -0.39 is 13.9 Å². The average Bonchev–Trinajstić information content (AvgIpc) is 3.31. The summed E-state index contributed by atoms with van der Waals surface area (Å²) in [6.45, 7) is 14.7. The molecule has 0 radical (unpaired) electrons. The van der Waals surface area contributed by atoms with E-state index in [9.17, 15) is 4.79 Å². The number of hydrogen-bond acceptors (Lipinski definition) is 6. The van der Waals surface area contributed by atoms with Gasteiger partial charge >= 0.3 is 5.97 Å². The standard InChI is InChI=1S/C38H51ClN2O4Si/c1-27(25-44-33-15-20-40-32(24-33)26-45-46(6,7)36(2,3)4)21-29-22-28-11-8-9-14-34(28)37(29)16-18-38(19-17-37,35(42)43-5)41-31-13-10-12-30(39)23-31/h8-15,20,23-24,27,29,41H,16-19,21-22,25-26H2,1-7H3/t27-,29+,37?,38?/m1/s1. The van der Waals surface area contributed by atoms with Crippen molar-refractivity contribution in [1.82, 2.24) is 4.98 Å². The van der Waals surface area contributed by atoms with Crippen LogP contribution in [0.4, 0.5) is 5.69 Å². The fourth-order valence-electron chi connectivity index (χ4n) is 7.28. The summed E-state index contributed by atoms with van der Waals surface area (Å²) in [7, 11) is -0.382. The van der Waals surface area contributed by atoms with Crippen molar-refractivity contribution in [1.29, 1.82) is 0 Å². The van der Waals surface area contributed by atoms with Gasteiger partial charge in [0.15, 0.2) is 8.32 Å². The Kier molecular flexibility index (Phi) is 10.3. The van der Waals surface area contributed by atoms with Crippen LogP contribution in [-0.4, -0.2) is 38.5 Å². The second kappa shape index (κ2) is 13.7. The lowest BCUT2D eigenvalue weighted by Gasteiger charge is -2.47. The maximum Gasteiger partial charge on any atom is 0.331 e. The number of nitrogens with zero attached hydrogens (tertiary/aromatic N) is 1. The molecular formula is C38H51ClN2O4Si. The van der Waals surface area contributed by atoms with Crippen molar-refractivity contribution < 1.29 is 18.7 Å². The highest BCUT2D eigenvalue weighted by atomic mass is 35.5. The van der Waals surface area contributed by atoms with Crippen molar-refractivity contribution in [3.63, 3.8) is 0 Å². The second-order valence-corrected chi connectivity index (χ2v) is 20.4. The largest absolute Gasteiger partial charge is 0.493 e. The molecule has 1 saturated carbocycles. The summed E-state index contributed by atoms with van der Waals surface area (Å²) in [5.41, 5.74) is 3.87. The summed E-state index contributed by atoms with van der Waals surface area (Å²) in [6.07, 6.45) is 7.13. The molecule has 0 bridgehead atoms. The van der Waals surface area contributed by atoms with Crippen LogP contribution in [0.2, 0.25) is 23.2 Å². The number of benzene rings is 2. The number of esters is 1. The number of nitrogens with one attached hydrogen (secondary N) is 1. The Bertz CT molecular complexity index is 1510. The molecule has 1 aromatic heterocycles. The molecule has 1 heterocycles. The molecule has 0 aliphatic heterocycles. The highest BCUT2D eigenvalue weighted by molar-refractivity contribution is 6.74. The Morgan fingerprint density at radius 1 is 1.07 bits per heavy atom. The van der Waals surface area contributed by atoms with Gasteiger partial charge in [-0.2, -0.15) is 0 Å². The number of pyridine rings is 1. The van der Waals surface area contributed by atoms with Gasteiger partial charge in [0.05, 0.1) is 26.0 Å². The lowest BCUT2D eigenvalue weighted by atomic mass is 9.59. The van der Waals surface area contributed by atoms with Gasteiger partial charge in [-0.1, -0.05) is 69.6 Å². The highest BCUT2D eigenvalue weighted by Crippen LogP contribution is 2.56. The summed E-state index contributed by atoms with van der Waals surface area (Å²) < 4.78 is 18.1. The molecule has 46 heavy (non-hydrogen) atoms. The van der Waals surface area contributed by atoms with Gasteiger partial charge in [0.1, 0.15) is 11.3 Å². The van der Waals surface area contributed by atoms with E-state index in [1.165, 1.54) is 18.2 Å². The van der Waals surface area contributed by atoms with E-state index in [-0.39, 0.29) is 16.4 Å². The number of ether oxygens (including phenoxy) is 2. The van der Waals surface area contributed by atoms with Gasteiger partial charge in [-0.25, -0.2) is 4.79 Å². The molecule has 1 spiro atoms. The first-order chi connectivity index (χ1) is 21.8. The molecule has 8 heteroatoms. The van der Waals surface area contributed by atoms with Gasteiger partial charge in [-0.05, 0) is 109 Å². The lowest BCUT2D eigenvalue weighted by molar-refractivity contribution is -0.148. The zero-order valence-electron chi connectivity index (χ0n) is 28.6. The van der Waals surface area contributed by atoms with Crippen molar-refractivity contribution >= 4 is 31.6 Å². The van der Waals surface area contributed by atoms with Gasteiger partial charge in [0.25, 0.3) is 0 Å². The van der Waals surface area contributed by atoms with Crippen LogP contribution in [0.3, 0.4) is 0 Å². The van der Waals surface area contributed by atoms with E-state index in [2.05, 4.69) is 75.4 Å². The third-order valence-corrected chi connectivity index (χ3v) is 15.7. The minimum Gasteiger partial charge on any atom is -0.493 e. The Balaban J connectivity index is 1.27. The molecule has 2 aliphatic carbocycles. The molecule has 248 valence electrons. The minimum absolute atomic E-state index is 0.0172. The molecule has 6 nitrogen and oxygen atoms in total. The number of aromatic nitrogens is 1. The predicted molar refractivity (Wildman–Crippen MR) is 189 cm³/mol. The van der Waals surface area contributed by atoms with Crippen LogP contribution in [0, 0.1) is 11.8 Å². The zero-order chi connectivity index (χ0) is 33.2. The Labute approximate surface area is 281 Å². The molecule has 0 saturated heterocycles. The topological polar surface area (TPSA) is 69.7 Å². The van der Waals surface area contributed by atoms with Gasteiger partial charge in [0, 0.05) is 23.0 Å². The predicted octanol–water partition coefficient (Wildman–Crippen LogP) is 9.37. The van der Waals surface area contributed by atoms with E-state index in [1.807, 2.05) is 42.6 Å². The second-order valence-electron chi connectivity index (χ2n) is 15.1. The zero-order valence-corrected chi connectivity index (χ0v) is 30.4. The SMILES string of the molecule is COC(=O)C1(Nc2cccc(Cl)c2)CCC2(CC1)c1ccccc1C[C@@H]2C[C@@H](C)COc1ccnc(CO[Si](C)(C)C(C)(C)C)c1. The number of carbonyl (C=O) groups excluding carboxylic acids is 1. The van der Waals surface area contributed by atoms with Gasteiger partial charge < -0.3 is 19.2 Å². The molecule has 0 unspecified atom stereocenters. The number of methoxy groups -OCH3 is 1. The van der Waals surface area contributed by atoms with Gasteiger partial charge in [0.2, 0.25) is 0 Å². The number of carbonyl (C=O) groups is 1. The highest BCUT2D eigenvalue weighted by Gasteiger charge is 2.54. The van der Waals surface area contributed by atoms with Crippen molar-refractivity contribution in [3.05, 3.63) is 88.7 Å². The van der Waals surface area contributed by atoms with Crippen LogP contribution in [0.1, 0.15) is 76.6 Å². The smallest absolute Gasteiger partial charge is 0.331 e. The first-order valence-electron chi connectivity index (χ1n) is 16.7. The molecular weight excluding hydrogens is 612 g/mol. The Morgan fingerprint density at radius 2 is 1.80 bits per heavy atom. The number of halogens is 1. The molecule has 5 rings (SSSR count). The molecule has 1 fully saturated rings. The van der Waals surface area contributed by atoms with Crippen molar-refractivity contribution in [3.8, 4) is 5.75 Å². The van der Waals surface area contributed by atoms with Crippen LogP contribution >= 0.6 is 11.6 Å². The molecule has 2 aromatic carbocycles. The molecule has 1 N–H and O–H groups in total. The maximum absolute atomic E-state index is 13.3. The fraction of sp³-hybridized carbons (Fsp3) is 0.526. The van der Waals surface area contributed by atoms with Crippen molar-refractivity contribution in [2.45, 2.75) is 102 Å². The molecule has 2 atom stereocenters. The molecule has 0 amide bonds. The third kappa shape index (κ3) is 7.32. The number of rotatable bonds is 11. The summed E-state index contributed by atoms with van der Waals surface area (Å²) in [5, 5.41) is 4.34. The maximum atomic E-state index is 13.3. The van der Waals surface area contributed by atoms with Crippen LogP contribution in [0.25, 0.3) is 0 Å². The van der Waals surface area contributed by atoms with E-state index in [0.29, 0.717) is 42.9 Å². The van der Waals surface area contributed by atoms with Crippen LogP contribution in [0.5, 0.6) is 5.75 Å². The molecule has 2 aliphatic rings. The van der Waals surface area contributed by atoms with Crippen molar-refractivity contribution in [2.75, 3.05) is 19.0 Å². The lowest BCUT2D eigenvalue weighted by Crippen LogP contribution is -2.53. The Morgan fingerprint density at radius 3 is 2.50 bits per heavy atom. The van der Waals surface area contributed by atoms with Crippen LogP contribution in [0.15, 0.2) is 66.9 Å². The van der Waals surface area contributed by atoms with Crippen molar-refractivity contribution in [2.24, 2.45) is 11.8 Å². The quantitative estimate of drug-likeness (QED) is 0.163. The Hall–Kier alpha value is -2.87. The normalized spacial score (nSPS) is 23.5. The molecule has 3 aromatic rings. The monoisotopic (exact) mass is 662 g/mol. The van der Waals surface area contributed by atoms with E-state index in [4.69, 9.17) is 25.5 Å². The van der Waals surface area contributed by atoms with Crippen LogP contribution in [-0.2, 0) is 32.4 Å². The third-order valence-electron chi connectivity index (χ3n) is 11.0. The van der Waals surface area contributed by atoms with E-state index in [1.54, 1.807) is 0 Å². The first kappa shape index (κ1) is 34.5. The van der Waals surface area contributed by atoms with Gasteiger partial charge in [-0.15, -0.1) is 0 Å². The summed E-state index contributed by atoms with van der Waals surface area (Å²) in [6, 6.07) is 20.5. The summed E-state index contributed by atoms with van der Waals surface area (Å²) >= 11 is 6.29. The minimum atomic E-state index is -1.86.